The maximum Gasteiger partial charge on any atom is 0.248 e. The Bertz CT molecular complexity index is 581. The Morgan fingerprint density at radius 3 is 2.89 bits per heavy atom. The number of thiophene rings is 1. The molecule has 5 heteroatoms. The van der Waals surface area contributed by atoms with Gasteiger partial charge in [0.2, 0.25) is 5.91 Å². The Hall–Kier alpha value is -1.10. The van der Waals surface area contributed by atoms with Crippen molar-refractivity contribution in [2.45, 2.75) is 0 Å². The van der Waals surface area contributed by atoms with Crippen molar-refractivity contribution in [3.8, 4) is 0 Å². The molecule has 2 aromatic rings. The summed E-state index contributed by atoms with van der Waals surface area (Å²) in [6.07, 6.45) is 3.26. The first-order valence-electron chi connectivity index (χ1n) is 5.13. The van der Waals surface area contributed by atoms with Gasteiger partial charge in [-0.1, -0.05) is 33.6 Å². The minimum absolute atomic E-state index is 0.201. The number of carbonyl (C=O) groups is 1. The fourth-order valence-electron chi connectivity index (χ4n) is 1.31. The Balaban J connectivity index is 2.03. The van der Waals surface area contributed by atoms with Crippen molar-refractivity contribution < 1.29 is 4.79 Å². The van der Waals surface area contributed by atoms with E-state index in [9.17, 15) is 4.79 Å². The van der Waals surface area contributed by atoms with Crippen molar-refractivity contribution in [1.82, 2.24) is 0 Å². The summed E-state index contributed by atoms with van der Waals surface area (Å²) in [4.78, 5) is 12.7. The molecule has 1 N–H and O–H groups in total. The summed E-state index contributed by atoms with van der Waals surface area (Å²) in [6, 6.07) is 9.20. The molecule has 0 aliphatic heterocycles. The van der Waals surface area contributed by atoms with Crippen LogP contribution in [0.5, 0.6) is 0 Å². The normalized spacial score (nSPS) is 10.8. The van der Waals surface area contributed by atoms with Crippen LogP contribution < -0.4 is 5.32 Å². The Labute approximate surface area is 122 Å². The van der Waals surface area contributed by atoms with Crippen LogP contribution in [-0.4, -0.2) is 5.91 Å². The molecule has 1 aromatic heterocycles. The third kappa shape index (κ3) is 3.70. The van der Waals surface area contributed by atoms with E-state index in [2.05, 4.69) is 21.2 Å². The fraction of sp³-hybridized carbons (Fsp3) is 0. The average Bonchev–Trinajstić information content (AvgIpc) is 2.83. The van der Waals surface area contributed by atoms with Crippen molar-refractivity contribution in [2.24, 2.45) is 0 Å². The van der Waals surface area contributed by atoms with Crippen molar-refractivity contribution in [3.63, 3.8) is 0 Å². The minimum Gasteiger partial charge on any atom is -0.321 e. The molecular weight excluding hydrogens is 334 g/mol. The van der Waals surface area contributed by atoms with Crippen LogP contribution in [-0.2, 0) is 4.79 Å². The molecule has 2 nitrogen and oxygen atoms in total. The van der Waals surface area contributed by atoms with Crippen LogP contribution in [0.3, 0.4) is 0 Å². The number of hydrogen-bond donors (Lipinski definition) is 1. The summed E-state index contributed by atoms with van der Waals surface area (Å²) in [5.41, 5.74) is 0.598. The highest BCUT2D eigenvalue weighted by molar-refractivity contribution is 9.10. The first-order valence-corrected chi connectivity index (χ1v) is 7.18. The summed E-state index contributed by atoms with van der Waals surface area (Å²) in [5.74, 6) is -0.201. The van der Waals surface area contributed by atoms with Gasteiger partial charge in [0, 0.05) is 15.4 Å². The lowest BCUT2D eigenvalue weighted by Crippen LogP contribution is -2.07. The van der Waals surface area contributed by atoms with Gasteiger partial charge in [0.25, 0.3) is 0 Å². The van der Waals surface area contributed by atoms with Gasteiger partial charge in [0.1, 0.15) is 0 Å². The van der Waals surface area contributed by atoms with E-state index in [1.54, 1.807) is 29.5 Å². The molecule has 18 heavy (non-hydrogen) atoms. The number of carbonyl (C=O) groups excluding carboxylic acids is 1. The quantitative estimate of drug-likeness (QED) is 0.796. The van der Waals surface area contributed by atoms with Crippen LogP contribution >= 0.6 is 38.9 Å². The molecule has 0 atom stereocenters. The van der Waals surface area contributed by atoms with Crippen LogP contribution in [0.2, 0.25) is 5.02 Å². The van der Waals surface area contributed by atoms with Gasteiger partial charge in [0.05, 0.1) is 10.7 Å². The zero-order valence-corrected chi connectivity index (χ0v) is 12.3. The van der Waals surface area contributed by atoms with E-state index in [0.717, 1.165) is 9.35 Å². The zero-order valence-electron chi connectivity index (χ0n) is 9.19. The molecule has 1 heterocycles. The first-order chi connectivity index (χ1) is 8.65. The van der Waals surface area contributed by atoms with E-state index in [4.69, 9.17) is 11.6 Å². The molecule has 1 amide bonds. The van der Waals surface area contributed by atoms with Crippen LogP contribution in [0, 0.1) is 0 Å². The van der Waals surface area contributed by atoms with Crippen LogP contribution in [0.25, 0.3) is 6.08 Å². The van der Waals surface area contributed by atoms with Gasteiger partial charge in [-0.3, -0.25) is 4.79 Å². The molecule has 0 fully saturated rings. The largest absolute Gasteiger partial charge is 0.321 e. The molecule has 2 rings (SSSR count). The second-order valence-electron chi connectivity index (χ2n) is 3.46. The number of anilines is 1. The number of amides is 1. The first kappa shape index (κ1) is 13.3. The van der Waals surface area contributed by atoms with E-state index < -0.39 is 0 Å². The second kappa shape index (κ2) is 6.18. The number of benzene rings is 1. The van der Waals surface area contributed by atoms with Gasteiger partial charge in [-0.15, -0.1) is 11.3 Å². The molecule has 0 aliphatic carbocycles. The molecule has 1 aromatic carbocycles. The lowest BCUT2D eigenvalue weighted by molar-refractivity contribution is -0.111. The molecular formula is C13H9BrClNOS. The maximum atomic E-state index is 11.7. The van der Waals surface area contributed by atoms with E-state index in [0.29, 0.717) is 10.7 Å². The van der Waals surface area contributed by atoms with Crippen LogP contribution in [0.1, 0.15) is 4.88 Å². The highest BCUT2D eigenvalue weighted by Crippen LogP contribution is 2.25. The Morgan fingerprint density at radius 2 is 2.22 bits per heavy atom. The van der Waals surface area contributed by atoms with Gasteiger partial charge in [-0.05, 0) is 35.7 Å². The molecule has 0 radical (unpaired) electrons. The predicted molar refractivity (Wildman–Crippen MR) is 81.1 cm³/mol. The maximum absolute atomic E-state index is 11.7. The minimum atomic E-state index is -0.201. The molecule has 0 bridgehead atoms. The molecule has 0 unspecified atom stereocenters. The molecule has 0 spiro atoms. The number of hydrogen-bond acceptors (Lipinski definition) is 2. The topological polar surface area (TPSA) is 29.1 Å². The van der Waals surface area contributed by atoms with Gasteiger partial charge < -0.3 is 5.32 Å². The number of nitrogens with one attached hydrogen (secondary N) is 1. The van der Waals surface area contributed by atoms with Gasteiger partial charge >= 0.3 is 0 Å². The second-order valence-corrected chi connectivity index (χ2v) is 5.76. The summed E-state index contributed by atoms with van der Waals surface area (Å²) in [6.45, 7) is 0. The zero-order chi connectivity index (χ0) is 13.0. The highest BCUT2D eigenvalue weighted by atomic mass is 79.9. The van der Waals surface area contributed by atoms with Gasteiger partial charge in [-0.2, -0.15) is 0 Å². The van der Waals surface area contributed by atoms with Crippen molar-refractivity contribution in [1.29, 1.82) is 0 Å². The summed E-state index contributed by atoms with van der Waals surface area (Å²) in [7, 11) is 0. The molecule has 0 saturated carbocycles. The van der Waals surface area contributed by atoms with Crippen molar-refractivity contribution >= 4 is 56.5 Å². The average molecular weight is 343 g/mol. The van der Waals surface area contributed by atoms with Crippen molar-refractivity contribution in [3.05, 3.63) is 56.2 Å². The van der Waals surface area contributed by atoms with Crippen LogP contribution in [0.15, 0.2) is 46.3 Å². The third-order valence-electron chi connectivity index (χ3n) is 2.13. The Kier molecular flexibility index (Phi) is 4.58. The molecule has 0 aliphatic rings. The van der Waals surface area contributed by atoms with E-state index >= 15 is 0 Å². The standard InChI is InChI=1S/C13H9BrClNOS/c14-9-3-5-12(11(15)8-9)16-13(17)6-4-10-2-1-7-18-10/h1-8H,(H,16,17)/b6-4+. The smallest absolute Gasteiger partial charge is 0.248 e. The fourth-order valence-corrected chi connectivity index (χ4v) is 2.65. The van der Waals surface area contributed by atoms with Crippen molar-refractivity contribution in [2.75, 3.05) is 5.32 Å². The number of halogens is 2. The molecule has 92 valence electrons. The SMILES string of the molecule is O=C(/C=C/c1cccs1)Nc1ccc(Br)cc1Cl. The van der Waals surface area contributed by atoms with E-state index in [1.807, 2.05) is 23.6 Å². The van der Waals surface area contributed by atoms with Gasteiger partial charge in [0.15, 0.2) is 0 Å². The molecule has 0 saturated heterocycles. The Morgan fingerprint density at radius 1 is 1.39 bits per heavy atom. The predicted octanol–water partition coefficient (Wildman–Crippen LogP) is 4.82. The lowest BCUT2D eigenvalue weighted by atomic mass is 10.3. The lowest BCUT2D eigenvalue weighted by Gasteiger charge is -2.04. The van der Waals surface area contributed by atoms with Gasteiger partial charge in [-0.25, -0.2) is 0 Å². The van der Waals surface area contributed by atoms with E-state index in [1.165, 1.54) is 6.08 Å². The highest BCUT2D eigenvalue weighted by Gasteiger charge is 2.03. The van der Waals surface area contributed by atoms with Crippen LogP contribution in [0.4, 0.5) is 5.69 Å². The third-order valence-corrected chi connectivity index (χ3v) is 3.77. The monoisotopic (exact) mass is 341 g/mol. The summed E-state index contributed by atoms with van der Waals surface area (Å²) >= 11 is 10.9. The van der Waals surface area contributed by atoms with E-state index in [-0.39, 0.29) is 5.91 Å². The number of rotatable bonds is 3. The summed E-state index contributed by atoms with van der Waals surface area (Å²) in [5, 5.41) is 5.19. The summed E-state index contributed by atoms with van der Waals surface area (Å²) < 4.78 is 0.875.